The minimum Gasteiger partial charge on any atom is -0.507 e. The smallest absolute Gasteiger partial charge is 0.300 e. The number of hydrogen-bond acceptors (Lipinski definition) is 6. The summed E-state index contributed by atoms with van der Waals surface area (Å²) in [7, 11) is 0. The summed E-state index contributed by atoms with van der Waals surface area (Å²) in [6.07, 6.45) is 3.03. The maximum Gasteiger partial charge on any atom is 0.300 e. The van der Waals surface area contributed by atoms with Crippen LogP contribution in [-0.4, -0.2) is 35.0 Å². The van der Waals surface area contributed by atoms with E-state index in [9.17, 15) is 14.7 Å². The molecule has 1 aliphatic heterocycles. The second-order valence-electron chi connectivity index (χ2n) is 7.33. The summed E-state index contributed by atoms with van der Waals surface area (Å²) in [5, 5.41) is 11.1. The molecule has 1 aliphatic rings. The van der Waals surface area contributed by atoms with Gasteiger partial charge < -0.3 is 14.6 Å². The lowest BCUT2D eigenvalue weighted by atomic mass is 9.95. The molecule has 0 aliphatic carbocycles. The van der Waals surface area contributed by atoms with Crippen molar-refractivity contribution in [2.24, 2.45) is 0 Å². The van der Waals surface area contributed by atoms with Crippen LogP contribution in [0.1, 0.15) is 31.0 Å². The summed E-state index contributed by atoms with van der Waals surface area (Å²) in [5.41, 5.74) is 1.62. The van der Waals surface area contributed by atoms with Crippen molar-refractivity contribution in [3.63, 3.8) is 0 Å². The Morgan fingerprint density at radius 1 is 0.879 bits per heavy atom. The fourth-order valence-corrected chi connectivity index (χ4v) is 3.86. The maximum absolute atomic E-state index is 13.2. The number of benzene rings is 2. The van der Waals surface area contributed by atoms with Crippen LogP contribution in [0.25, 0.3) is 5.76 Å². The Morgan fingerprint density at radius 2 is 1.42 bits per heavy atom. The molecule has 0 saturated carbocycles. The molecule has 7 nitrogen and oxygen atoms in total. The van der Waals surface area contributed by atoms with Crippen molar-refractivity contribution in [1.82, 2.24) is 4.98 Å². The number of nitrogens with zero attached hydrogens (tertiary/aromatic N) is 2. The summed E-state index contributed by atoms with van der Waals surface area (Å²) in [6, 6.07) is 16.5. The molecule has 2 heterocycles. The van der Waals surface area contributed by atoms with Crippen molar-refractivity contribution in [2.45, 2.75) is 19.9 Å². The molecule has 4 rings (SSSR count). The largest absolute Gasteiger partial charge is 0.507 e. The minimum atomic E-state index is -0.813. The van der Waals surface area contributed by atoms with E-state index in [0.29, 0.717) is 41.5 Å². The number of aliphatic hydroxyl groups excluding tert-OH is 1. The van der Waals surface area contributed by atoms with E-state index in [1.165, 1.54) is 17.3 Å². The Labute approximate surface area is 191 Å². The quantitative estimate of drug-likeness (QED) is 0.328. The van der Waals surface area contributed by atoms with Crippen LogP contribution in [0.3, 0.4) is 0 Å². The average Bonchev–Trinajstić information content (AvgIpc) is 3.11. The van der Waals surface area contributed by atoms with Gasteiger partial charge in [0, 0.05) is 23.6 Å². The molecule has 168 valence electrons. The van der Waals surface area contributed by atoms with E-state index in [1.54, 1.807) is 60.7 Å². The molecule has 7 heteroatoms. The Kier molecular flexibility index (Phi) is 6.40. The van der Waals surface area contributed by atoms with Crippen molar-refractivity contribution in [2.75, 3.05) is 18.1 Å². The highest BCUT2D eigenvalue weighted by Crippen LogP contribution is 2.42. The number of aliphatic hydroxyl groups is 1. The van der Waals surface area contributed by atoms with Crippen molar-refractivity contribution in [3.05, 3.63) is 89.8 Å². The molecule has 33 heavy (non-hydrogen) atoms. The minimum absolute atomic E-state index is 0.0178. The van der Waals surface area contributed by atoms with Crippen LogP contribution in [-0.2, 0) is 9.59 Å². The molecule has 1 N–H and O–H groups in total. The number of aromatic nitrogens is 1. The maximum atomic E-state index is 13.2. The van der Waals surface area contributed by atoms with Crippen LogP contribution in [0.5, 0.6) is 11.5 Å². The SMILES string of the molecule is CCOc1ccc(C2/C(=C(/O)c3ccncc3)C(=O)C(=O)N2c2ccc(OCC)cc2)cc1. The molecule has 0 bridgehead atoms. The lowest BCUT2D eigenvalue weighted by molar-refractivity contribution is -0.132. The Bertz CT molecular complexity index is 1170. The van der Waals surface area contributed by atoms with E-state index in [0.717, 1.165) is 0 Å². The van der Waals surface area contributed by atoms with Gasteiger partial charge in [0.1, 0.15) is 17.3 Å². The fourth-order valence-electron chi connectivity index (χ4n) is 3.86. The number of amides is 1. The van der Waals surface area contributed by atoms with Gasteiger partial charge in [-0.3, -0.25) is 19.5 Å². The van der Waals surface area contributed by atoms with Crippen LogP contribution in [0.4, 0.5) is 5.69 Å². The fraction of sp³-hybridized carbons (Fsp3) is 0.192. The number of rotatable bonds is 7. The lowest BCUT2D eigenvalue weighted by Crippen LogP contribution is -2.29. The monoisotopic (exact) mass is 444 g/mol. The zero-order valence-corrected chi connectivity index (χ0v) is 18.4. The number of Topliss-reactive ketones (excluding diaryl/α,β-unsaturated/α-hetero) is 1. The van der Waals surface area contributed by atoms with Gasteiger partial charge in [-0.25, -0.2) is 0 Å². The van der Waals surface area contributed by atoms with Gasteiger partial charge in [-0.2, -0.15) is 0 Å². The molecule has 1 amide bonds. The second kappa shape index (κ2) is 9.56. The highest BCUT2D eigenvalue weighted by molar-refractivity contribution is 6.51. The Hall–Kier alpha value is -4.13. The molecule has 1 fully saturated rings. The number of ether oxygens (including phenoxy) is 2. The molecule has 0 radical (unpaired) electrons. The molecular weight excluding hydrogens is 420 g/mol. The van der Waals surface area contributed by atoms with Gasteiger partial charge in [-0.15, -0.1) is 0 Å². The van der Waals surface area contributed by atoms with Crippen molar-refractivity contribution in [1.29, 1.82) is 0 Å². The van der Waals surface area contributed by atoms with Gasteiger partial charge in [0.15, 0.2) is 0 Å². The van der Waals surface area contributed by atoms with E-state index >= 15 is 0 Å². The molecule has 1 saturated heterocycles. The molecule has 1 aromatic heterocycles. The summed E-state index contributed by atoms with van der Waals surface area (Å²) in [5.74, 6) is -0.380. The third kappa shape index (κ3) is 4.30. The first-order valence-electron chi connectivity index (χ1n) is 10.7. The Morgan fingerprint density at radius 3 is 1.97 bits per heavy atom. The molecule has 2 aromatic carbocycles. The van der Waals surface area contributed by atoms with Crippen LogP contribution in [0.15, 0.2) is 78.6 Å². The number of carbonyl (C=O) groups excluding carboxylic acids is 2. The first kappa shape index (κ1) is 22.1. The molecule has 1 atom stereocenters. The molecule has 0 spiro atoms. The summed E-state index contributed by atoms with van der Waals surface area (Å²) in [4.78, 5) is 31.7. The molecule has 3 aromatic rings. The van der Waals surface area contributed by atoms with E-state index < -0.39 is 17.7 Å². The first-order valence-corrected chi connectivity index (χ1v) is 10.7. The highest BCUT2D eigenvalue weighted by atomic mass is 16.5. The van der Waals surface area contributed by atoms with Gasteiger partial charge in [-0.1, -0.05) is 12.1 Å². The van der Waals surface area contributed by atoms with Gasteiger partial charge in [0.25, 0.3) is 11.7 Å². The third-order valence-electron chi connectivity index (χ3n) is 5.33. The molecule has 1 unspecified atom stereocenters. The van der Waals surface area contributed by atoms with Crippen LogP contribution in [0, 0.1) is 0 Å². The van der Waals surface area contributed by atoms with Crippen LogP contribution < -0.4 is 14.4 Å². The summed E-state index contributed by atoms with van der Waals surface area (Å²) >= 11 is 0. The highest BCUT2D eigenvalue weighted by Gasteiger charge is 2.47. The topological polar surface area (TPSA) is 89.0 Å². The van der Waals surface area contributed by atoms with E-state index in [1.807, 2.05) is 13.8 Å². The van der Waals surface area contributed by atoms with Gasteiger partial charge in [-0.05, 0) is 67.9 Å². The number of ketones is 1. The predicted octanol–water partition coefficient (Wildman–Crippen LogP) is 4.51. The average molecular weight is 444 g/mol. The second-order valence-corrected chi connectivity index (χ2v) is 7.33. The van der Waals surface area contributed by atoms with Crippen molar-refractivity contribution in [3.8, 4) is 11.5 Å². The Balaban J connectivity index is 1.85. The van der Waals surface area contributed by atoms with E-state index in [2.05, 4.69) is 4.98 Å². The first-order chi connectivity index (χ1) is 16.0. The van der Waals surface area contributed by atoms with Gasteiger partial charge in [0.2, 0.25) is 0 Å². The van der Waals surface area contributed by atoms with Crippen molar-refractivity contribution < 1.29 is 24.2 Å². The van der Waals surface area contributed by atoms with Crippen LogP contribution >= 0.6 is 0 Å². The number of pyridine rings is 1. The van der Waals surface area contributed by atoms with Crippen LogP contribution in [0.2, 0.25) is 0 Å². The van der Waals surface area contributed by atoms with E-state index in [4.69, 9.17) is 9.47 Å². The summed E-state index contributed by atoms with van der Waals surface area (Å²) < 4.78 is 11.0. The summed E-state index contributed by atoms with van der Waals surface area (Å²) in [6.45, 7) is 4.81. The van der Waals surface area contributed by atoms with E-state index in [-0.39, 0.29) is 11.3 Å². The predicted molar refractivity (Wildman–Crippen MR) is 124 cm³/mol. The zero-order valence-electron chi connectivity index (χ0n) is 18.4. The lowest BCUT2D eigenvalue weighted by Gasteiger charge is -2.25. The zero-order chi connectivity index (χ0) is 23.4. The number of carbonyl (C=O) groups is 2. The number of hydrogen-bond donors (Lipinski definition) is 1. The normalized spacial score (nSPS) is 17.3. The third-order valence-corrected chi connectivity index (χ3v) is 5.33. The van der Waals surface area contributed by atoms with Crippen molar-refractivity contribution >= 4 is 23.1 Å². The van der Waals surface area contributed by atoms with Gasteiger partial charge in [0.05, 0.1) is 24.8 Å². The molecular formula is C26H24N2O5. The standard InChI is InChI=1S/C26H24N2O5/c1-3-32-20-9-5-17(6-10-20)23-22(24(29)18-13-15-27-16-14-18)25(30)26(31)28(23)19-7-11-21(12-8-19)33-4-2/h5-16,23,29H,3-4H2,1-2H3/b24-22-. The van der Waals surface area contributed by atoms with Gasteiger partial charge >= 0.3 is 0 Å². The number of anilines is 1.